The zero-order valence-electron chi connectivity index (χ0n) is 11.6. The average molecular weight is 272 g/mol. The predicted molar refractivity (Wildman–Crippen MR) is 70.2 cm³/mol. The molecule has 0 amide bonds. The molecule has 2 heterocycles. The van der Waals surface area contributed by atoms with E-state index in [0.717, 1.165) is 13.0 Å². The minimum Gasteiger partial charge on any atom is -0.382 e. The summed E-state index contributed by atoms with van der Waals surface area (Å²) in [6, 6.07) is 0. The molecule has 0 aromatic carbocycles. The molecular weight excluding hydrogens is 248 g/mol. The van der Waals surface area contributed by atoms with Crippen molar-refractivity contribution in [3.05, 3.63) is 12.2 Å². The largest absolute Gasteiger partial charge is 0.382 e. The third kappa shape index (κ3) is 5.20. The van der Waals surface area contributed by atoms with Crippen molar-refractivity contribution in [1.82, 2.24) is 0 Å². The molecule has 1 fully saturated rings. The SMILES string of the molecule is COCCOCCOCCOCC1CC2C=CC1O2. The van der Waals surface area contributed by atoms with Crippen molar-refractivity contribution in [2.24, 2.45) is 5.92 Å². The lowest BCUT2D eigenvalue weighted by Gasteiger charge is -2.15. The first kappa shape index (κ1) is 14.9. The van der Waals surface area contributed by atoms with Gasteiger partial charge in [0.1, 0.15) is 0 Å². The molecule has 0 spiro atoms. The van der Waals surface area contributed by atoms with E-state index in [2.05, 4.69) is 12.2 Å². The summed E-state index contributed by atoms with van der Waals surface area (Å²) in [5.41, 5.74) is 0. The van der Waals surface area contributed by atoms with Gasteiger partial charge in [-0.1, -0.05) is 12.2 Å². The van der Waals surface area contributed by atoms with E-state index in [9.17, 15) is 0 Å². The zero-order valence-corrected chi connectivity index (χ0v) is 11.6. The van der Waals surface area contributed by atoms with Crippen molar-refractivity contribution in [2.75, 3.05) is 53.4 Å². The van der Waals surface area contributed by atoms with Crippen molar-refractivity contribution in [1.29, 1.82) is 0 Å². The Bertz CT molecular complexity index is 269. The van der Waals surface area contributed by atoms with Crippen molar-refractivity contribution >= 4 is 0 Å². The van der Waals surface area contributed by atoms with Crippen LogP contribution < -0.4 is 0 Å². The van der Waals surface area contributed by atoms with Crippen LogP contribution in [0.15, 0.2) is 12.2 Å². The van der Waals surface area contributed by atoms with Gasteiger partial charge in [-0.2, -0.15) is 0 Å². The highest BCUT2D eigenvalue weighted by Crippen LogP contribution is 2.33. The van der Waals surface area contributed by atoms with Gasteiger partial charge in [0.25, 0.3) is 0 Å². The second-order valence-corrected chi connectivity index (χ2v) is 4.81. The molecule has 2 aliphatic heterocycles. The molecule has 0 aromatic heterocycles. The normalized spacial score (nSPS) is 28.4. The molecule has 5 heteroatoms. The molecule has 5 nitrogen and oxygen atoms in total. The van der Waals surface area contributed by atoms with Gasteiger partial charge in [0, 0.05) is 13.0 Å². The van der Waals surface area contributed by atoms with Crippen molar-refractivity contribution in [3.8, 4) is 0 Å². The Hall–Kier alpha value is -0.460. The second kappa shape index (κ2) is 8.66. The standard InChI is InChI=1S/C14H24O5/c1-15-4-5-16-6-7-17-8-9-18-11-12-10-13-2-3-14(12)19-13/h2-3,12-14H,4-11H2,1H3. The smallest absolute Gasteiger partial charge is 0.0816 e. The van der Waals surface area contributed by atoms with Crippen LogP contribution in [0.3, 0.4) is 0 Å². The first-order valence-corrected chi connectivity index (χ1v) is 6.96. The quantitative estimate of drug-likeness (QED) is 0.415. The third-order valence-electron chi connectivity index (χ3n) is 3.35. The van der Waals surface area contributed by atoms with Crippen LogP contribution in [0, 0.1) is 5.92 Å². The maximum absolute atomic E-state index is 5.68. The first-order valence-electron chi connectivity index (χ1n) is 6.96. The lowest BCUT2D eigenvalue weighted by Crippen LogP contribution is -2.20. The molecule has 2 bridgehead atoms. The molecule has 2 aliphatic rings. The average Bonchev–Trinajstić information content (AvgIpc) is 3.03. The lowest BCUT2D eigenvalue weighted by molar-refractivity contribution is -0.00469. The van der Waals surface area contributed by atoms with Crippen molar-refractivity contribution < 1.29 is 23.7 Å². The second-order valence-electron chi connectivity index (χ2n) is 4.81. The summed E-state index contributed by atoms with van der Waals surface area (Å²) in [6.07, 6.45) is 6.00. The van der Waals surface area contributed by atoms with Crippen LogP contribution in [0.1, 0.15) is 6.42 Å². The number of hydrogen-bond donors (Lipinski definition) is 0. The Morgan fingerprint density at radius 1 is 0.947 bits per heavy atom. The highest BCUT2D eigenvalue weighted by atomic mass is 16.6. The van der Waals surface area contributed by atoms with Crippen LogP contribution in [-0.4, -0.2) is 65.6 Å². The van der Waals surface area contributed by atoms with Gasteiger partial charge in [0.2, 0.25) is 0 Å². The summed E-state index contributed by atoms with van der Waals surface area (Å²) in [5, 5.41) is 0. The number of rotatable bonds is 11. The van der Waals surface area contributed by atoms with E-state index in [-0.39, 0.29) is 6.10 Å². The van der Waals surface area contributed by atoms with Crippen molar-refractivity contribution in [2.45, 2.75) is 18.6 Å². The Balaban J connectivity index is 1.34. The minimum absolute atomic E-state index is 0.278. The summed E-state index contributed by atoms with van der Waals surface area (Å²) < 4.78 is 26.8. The van der Waals surface area contributed by atoms with E-state index >= 15 is 0 Å². The molecule has 0 aliphatic carbocycles. The molecule has 3 unspecified atom stereocenters. The van der Waals surface area contributed by atoms with Crippen LogP contribution in [0.25, 0.3) is 0 Å². The molecule has 2 rings (SSSR count). The van der Waals surface area contributed by atoms with Crippen LogP contribution in [-0.2, 0) is 23.7 Å². The monoisotopic (exact) mass is 272 g/mol. The van der Waals surface area contributed by atoms with Gasteiger partial charge < -0.3 is 23.7 Å². The van der Waals surface area contributed by atoms with Crippen LogP contribution >= 0.6 is 0 Å². The maximum atomic E-state index is 5.68. The topological polar surface area (TPSA) is 46.2 Å². The fourth-order valence-electron chi connectivity index (χ4n) is 2.34. The maximum Gasteiger partial charge on any atom is 0.0816 e. The van der Waals surface area contributed by atoms with Gasteiger partial charge in [-0.15, -0.1) is 0 Å². The first-order chi connectivity index (χ1) is 9.40. The molecule has 0 saturated carbocycles. The highest BCUT2D eigenvalue weighted by molar-refractivity contribution is 5.10. The number of methoxy groups -OCH3 is 1. The Morgan fingerprint density at radius 3 is 2.21 bits per heavy atom. The summed E-state index contributed by atoms with van der Waals surface area (Å²) >= 11 is 0. The van der Waals surface area contributed by atoms with E-state index in [1.165, 1.54) is 0 Å². The highest BCUT2D eigenvalue weighted by Gasteiger charge is 2.36. The fraction of sp³-hybridized carbons (Fsp3) is 0.857. The Labute approximate surface area is 114 Å². The Morgan fingerprint density at radius 2 is 1.63 bits per heavy atom. The third-order valence-corrected chi connectivity index (χ3v) is 3.35. The van der Waals surface area contributed by atoms with Gasteiger partial charge >= 0.3 is 0 Å². The van der Waals surface area contributed by atoms with Crippen LogP contribution in [0.4, 0.5) is 0 Å². The van der Waals surface area contributed by atoms with Gasteiger partial charge in [-0.05, 0) is 6.42 Å². The number of hydrogen-bond acceptors (Lipinski definition) is 5. The van der Waals surface area contributed by atoms with Crippen molar-refractivity contribution in [3.63, 3.8) is 0 Å². The predicted octanol–water partition coefficient (Wildman–Crippen LogP) is 1.03. The van der Waals surface area contributed by atoms with E-state index in [1.54, 1.807) is 7.11 Å². The molecular formula is C14H24O5. The number of ether oxygens (including phenoxy) is 5. The van der Waals surface area contributed by atoms with Gasteiger partial charge in [0.15, 0.2) is 0 Å². The summed E-state index contributed by atoms with van der Waals surface area (Å²) in [6.45, 7) is 4.47. The summed E-state index contributed by atoms with van der Waals surface area (Å²) in [5.74, 6) is 0.521. The van der Waals surface area contributed by atoms with E-state index in [0.29, 0.717) is 51.7 Å². The number of fused-ring (bicyclic) bond motifs is 2. The Kier molecular flexibility index (Phi) is 6.81. The van der Waals surface area contributed by atoms with Crippen LogP contribution in [0.5, 0.6) is 0 Å². The van der Waals surface area contributed by atoms with E-state index in [4.69, 9.17) is 23.7 Å². The molecule has 19 heavy (non-hydrogen) atoms. The summed E-state index contributed by atoms with van der Waals surface area (Å²) in [4.78, 5) is 0. The molecule has 3 atom stereocenters. The van der Waals surface area contributed by atoms with E-state index in [1.807, 2.05) is 0 Å². The molecule has 0 aromatic rings. The van der Waals surface area contributed by atoms with E-state index < -0.39 is 0 Å². The molecule has 110 valence electrons. The molecule has 1 saturated heterocycles. The minimum atomic E-state index is 0.278. The summed E-state index contributed by atoms with van der Waals surface area (Å²) in [7, 11) is 1.66. The fourth-order valence-corrected chi connectivity index (χ4v) is 2.34. The zero-order chi connectivity index (χ0) is 13.3. The van der Waals surface area contributed by atoms with Crippen LogP contribution in [0.2, 0.25) is 0 Å². The van der Waals surface area contributed by atoms with Gasteiger partial charge in [-0.25, -0.2) is 0 Å². The lowest BCUT2D eigenvalue weighted by atomic mass is 9.95. The van der Waals surface area contributed by atoms with Gasteiger partial charge in [0.05, 0.1) is 58.5 Å². The molecule has 0 radical (unpaired) electrons. The molecule has 0 N–H and O–H groups in total. The van der Waals surface area contributed by atoms with Gasteiger partial charge in [-0.3, -0.25) is 0 Å².